The van der Waals surface area contributed by atoms with E-state index in [1.54, 1.807) is 0 Å². The van der Waals surface area contributed by atoms with Gasteiger partial charge in [-0.25, -0.2) is 0 Å². The molecule has 0 spiro atoms. The Kier molecular flexibility index (Phi) is 4.05. The van der Waals surface area contributed by atoms with Gasteiger partial charge >= 0.3 is 0 Å². The van der Waals surface area contributed by atoms with Crippen LogP contribution in [0, 0.1) is 0 Å². The summed E-state index contributed by atoms with van der Waals surface area (Å²) >= 11 is 6.19. The van der Waals surface area contributed by atoms with Crippen molar-refractivity contribution in [3.63, 3.8) is 0 Å². The second-order valence-electron chi connectivity index (χ2n) is 4.85. The van der Waals surface area contributed by atoms with Crippen LogP contribution in [0.25, 0.3) is 0 Å². The molecule has 2 heteroatoms. The third-order valence-corrected chi connectivity index (χ3v) is 3.73. The number of halogens is 1. The number of benzene rings is 2. The van der Waals surface area contributed by atoms with Gasteiger partial charge in [0.05, 0.1) is 6.61 Å². The molecule has 0 bridgehead atoms. The first-order chi connectivity index (χ1) is 8.65. The average Bonchev–Trinajstić information content (AvgIpc) is 2.42. The molecule has 0 fully saturated rings. The highest BCUT2D eigenvalue weighted by Crippen LogP contribution is 2.30. The maximum Gasteiger partial charge on any atom is 0.0528 e. The molecular formula is C16H17ClO. The number of rotatable bonds is 4. The first kappa shape index (κ1) is 13.1. The SMILES string of the molecule is CC(CO)(Cc1ccccc1Cl)c1ccccc1. The molecule has 94 valence electrons. The van der Waals surface area contributed by atoms with E-state index in [1.165, 1.54) is 0 Å². The lowest BCUT2D eigenvalue weighted by Gasteiger charge is -2.28. The Morgan fingerprint density at radius 1 is 1.00 bits per heavy atom. The predicted octanol–water partition coefficient (Wildman–Crippen LogP) is 3.83. The lowest BCUT2D eigenvalue weighted by atomic mass is 9.78. The van der Waals surface area contributed by atoms with Crippen molar-refractivity contribution < 1.29 is 5.11 Å². The predicted molar refractivity (Wildman–Crippen MR) is 76.0 cm³/mol. The highest BCUT2D eigenvalue weighted by molar-refractivity contribution is 6.31. The molecule has 2 rings (SSSR count). The van der Waals surface area contributed by atoms with Gasteiger partial charge in [-0.05, 0) is 23.6 Å². The summed E-state index contributed by atoms with van der Waals surface area (Å²) in [5, 5.41) is 10.5. The van der Waals surface area contributed by atoms with Gasteiger partial charge in [0.25, 0.3) is 0 Å². The smallest absolute Gasteiger partial charge is 0.0528 e. The summed E-state index contributed by atoms with van der Waals surface area (Å²) in [5.41, 5.74) is 1.90. The lowest BCUT2D eigenvalue weighted by molar-refractivity contribution is 0.204. The van der Waals surface area contributed by atoms with Gasteiger partial charge in [0, 0.05) is 10.4 Å². The van der Waals surface area contributed by atoms with Crippen LogP contribution in [-0.4, -0.2) is 11.7 Å². The van der Waals surface area contributed by atoms with Gasteiger partial charge in [-0.2, -0.15) is 0 Å². The van der Waals surface area contributed by atoms with E-state index in [0.717, 1.165) is 22.6 Å². The van der Waals surface area contributed by atoms with E-state index in [1.807, 2.05) is 54.6 Å². The highest BCUT2D eigenvalue weighted by atomic mass is 35.5. The topological polar surface area (TPSA) is 20.2 Å². The normalized spacial score (nSPS) is 14.2. The van der Waals surface area contributed by atoms with Crippen molar-refractivity contribution >= 4 is 11.6 Å². The van der Waals surface area contributed by atoms with Gasteiger partial charge in [-0.15, -0.1) is 0 Å². The Bertz CT molecular complexity index is 510. The maximum atomic E-state index is 9.75. The standard InChI is InChI=1S/C16H17ClO/c1-16(12-18,14-8-3-2-4-9-14)11-13-7-5-6-10-15(13)17/h2-10,18H,11-12H2,1H3. The first-order valence-electron chi connectivity index (χ1n) is 6.05. The van der Waals surface area contributed by atoms with E-state index < -0.39 is 0 Å². The molecular weight excluding hydrogens is 244 g/mol. The van der Waals surface area contributed by atoms with Crippen LogP contribution < -0.4 is 0 Å². The first-order valence-corrected chi connectivity index (χ1v) is 6.43. The summed E-state index contributed by atoms with van der Waals surface area (Å²) in [4.78, 5) is 0. The second-order valence-corrected chi connectivity index (χ2v) is 5.26. The monoisotopic (exact) mass is 260 g/mol. The fourth-order valence-corrected chi connectivity index (χ4v) is 2.35. The van der Waals surface area contributed by atoms with Crippen molar-refractivity contribution in [1.29, 1.82) is 0 Å². The Morgan fingerprint density at radius 3 is 2.22 bits per heavy atom. The van der Waals surface area contributed by atoms with Crippen LogP contribution in [-0.2, 0) is 11.8 Å². The molecule has 1 unspecified atom stereocenters. The van der Waals surface area contributed by atoms with Crippen molar-refractivity contribution in [2.45, 2.75) is 18.8 Å². The Morgan fingerprint density at radius 2 is 1.61 bits per heavy atom. The third-order valence-electron chi connectivity index (χ3n) is 3.36. The molecule has 0 saturated carbocycles. The van der Waals surface area contributed by atoms with Gasteiger partial charge in [0.2, 0.25) is 0 Å². The van der Waals surface area contributed by atoms with Gasteiger partial charge in [0.1, 0.15) is 0 Å². The van der Waals surface area contributed by atoms with E-state index in [4.69, 9.17) is 11.6 Å². The van der Waals surface area contributed by atoms with Crippen LogP contribution in [0.3, 0.4) is 0 Å². The van der Waals surface area contributed by atoms with Crippen LogP contribution in [0.4, 0.5) is 0 Å². The molecule has 1 atom stereocenters. The zero-order chi connectivity index (χ0) is 13.0. The number of hydrogen-bond acceptors (Lipinski definition) is 1. The third kappa shape index (κ3) is 2.74. The van der Waals surface area contributed by atoms with E-state index >= 15 is 0 Å². The molecule has 0 aromatic heterocycles. The summed E-state index contributed by atoms with van der Waals surface area (Å²) in [6.45, 7) is 2.16. The maximum absolute atomic E-state index is 9.75. The molecule has 0 aliphatic carbocycles. The molecule has 0 amide bonds. The van der Waals surface area contributed by atoms with Gasteiger partial charge < -0.3 is 5.11 Å². The fraction of sp³-hybridized carbons (Fsp3) is 0.250. The summed E-state index contributed by atoms with van der Waals surface area (Å²) < 4.78 is 0. The molecule has 18 heavy (non-hydrogen) atoms. The van der Waals surface area contributed by atoms with Crippen LogP contribution in [0.5, 0.6) is 0 Å². The molecule has 1 N–H and O–H groups in total. The van der Waals surface area contributed by atoms with Crippen molar-refractivity contribution in [3.8, 4) is 0 Å². The number of aliphatic hydroxyl groups is 1. The second kappa shape index (κ2) is 5.55. The molecule has 2 aromatic rings. The molecule has 0 saturated heterocycles. The van der Waals surface area contributed by atoms with Gasteiger partial charge in [-0.1, -0.05) is 67.1 Å². The number of aliphatic hydroxyl groups excluding tert-OH is 1. The highest BCUT2D eigenvalue weighted by Gasteiger charge is 2.26. The zero-order valence-electron chi connectivity index (χ0n) is 10.4. The Balaban J connectivity index is 2.32. The molecule has 1 nitrogen and oxygen atoms in total. The van der Waals surface area contributed by atoms with Crippen LogP contribution in [0.1, 0.15) is 18.1 Å². The molecule has 2 aromatic carbocycles. The minimum atomic E-state index is -0.299. The minimum Gasteiger partial charge on any atom is -0.395 e. The van der Waals surface area contributed by atoms with Crippen molar-refractivity contribution in [1.82, 2.24) is 0 Å². The molecule has 0 aliphatic rings. The van der Waals surface area contributed by atoms with Gasteiger partial charge in [-0.3, -0.25) is 0 Å². The molecule has 0 heterocycles. The summed E-state index contributed by atoms with van der Waals surface area (Å²) in [6.07, 6.45) is 0.729. The van der Waals surface area contributed by atoms with E-state index in [2.05, 4.69) is 6.92 Å². The summed E-state index contributed by atoms with van der Waals surface area (Å²) in [5.74, 6) is 0. The van der Waals surface area contributed by atoms with E-state index in [9.17, 15) is 5.11 Å². The lowest BCUT2D eigenvalue weighted by Crippen LogP contribution is -2.29. The largest absolute Gasteiger partial charge is 0.395 e. The van der Waals surface area contributed by atoms with Crippen molar-refractivity contribution in [3.05, 3.63) is 70.7 Å². The van der Waals surface area contributed by atoms with Crippen LogP contribution in [0.15, 0.2) is 54.6 Å². The van der Waals surface area contributed by atoms with Crippen LogP contribution >= 0.6 is 11.6 Å². The zero-order valence-corrected chi connectivity index (χ0v) is 11.2. The Hall–Kier alpha value is -1.31. The van der Waals surface area contributed by atoms with Crippen molar-refractivity contribution in [2.75, 3.05) is 6.61 Å². The van der Waals surface area contributed by atoms with Gasteiger partial charge in [0.15, 0.2) is 0 Å². The molecule has 0 aliphatic heterocycles. The minimum absolute atomic E-state index is 0.0994. The van der Waals surface area contributed by atoms with E-state index in [0.29, 0.717) is 0 Å². The Labute approximate surface area is 113 Å². The quantitative estimate of drug-likeness (QED) is 0.886. The summed E-state index contributed by atoms with van der Waals surface area (Å²) in [7, 11) is 0. The number of hydrogen-bond donors (Lipinski definition) is 1. The fourth-order valence-electron chi connectivity index (χ4n) is 2.15. The van der Waals surface area contributed by atoms with Crippen molar-refractivity contribution in [2.24, 2.45) is 0 Å². The summed E-state index contributed by atoms with van der Waals surface area (Å²) in [6, 6.07) is 17.9. The van der Waals surface area contributed by atoms with E-state index in [-0.39, 0.29) is 12.0 Å². The average molecular weight is 261 g/mol. The molecule has 0 radical (unpaired) electrons. The van der Waals surface area contributed by atoms with Crippen LogP contribution in [0.2, 0.25) is 5.02 Å².